The molecule has 2 aromatic heterocycles. The van der Waals surface area contributed by atoms with Gasteiger partial charge in [-0.25, -0.2) is 13.8 Å². The van der Waals surface area contributed by atoms with Gasteiger partial charge in [0.2, 0.25) is 5.88 Å². The number of hydrogen-bond donors (Lipinski definition) is 0. The second kappa shape index (κ2) is 7.73. The molecule has 33 heavy (non-hydrogen) atoms. The summed E-state index contributed by atoms with van der Waals surface area (Å²) in [6.07, 6.45) is 1.96. The van der Waals surface area contributed by atoms with E-state index in [2.05, 4.69) is 19.9 Å². The average Bonchev–Trinajstić information content (AvgIpc) is 3.27. The molecule has 4 heterocycles. The molecule has 1 aromatic carbocycles. The van der Waals surface area contributed by atoms with Crippen molar-refractivity contribution in [2.45, 2.75) is 32.0 Å². The first-order valence-corrected chi connectivity index (χ1v) is 10.3. The Kier molecular flexibility index (Phi) is 4.96. The van der Waals surface area contributed by atoms with E-state index in [-0.39, 0.29) is 23.2 Å². The van der Waals surface area contributed by atoms with E-state index in [1.165, 1.54) is 25.4 Å². The van der Waals surface area contributed by atoms with Crippen molar-refractivity contribution >= 4 is 5.82 Å². The topological polar surface area (TPSA) is 108 Å². The number of ether oxygens (including phenoxy) is 2. The predicted molar refractivity (Wildman–Crippen MR) is 111 cm³/mol. The molecule has 0 fully saturated rings. The highest BCUT2D eigenvalue weighted by Gasteiger charge is 2.42. The number of halogens is 2. The molecule has 5 rings (SSSR count). The maximum atomic E-state index is 13.7. The maximum absolute atomic E-state index is 13.7. The largest absolute Gasteiger partial charge is 0.481 e. The minimum atomic E-state index is -0.702. The molecule has 2 aliphatic rings. The number of imidazole rings is 1. The molecule has 0 unspecified atom stereocenters. The summed E-state index contributed by atoms with van der Waals surface area (Å²) in [5.74, 6) is -1.09. The molecule has 172 valence electrons. The van der Waals surface area contributed by atoms with E-state index in [0.717, 1.165) is 17.3 Å². The molecular weight excluding hydrogens is 438 g/mol. The third-order valence-corrected chi connectivity index (χ3v) is 5.73. The molecule has 10 nitrogen and oxygen atoms in total. The molecule has 3 aromatic rings. The summed E-state index contributed by atoms with van der Waals surface area (Å²) in [6.45, 7) is 4.08. The average molecular weight is 458 g/mol. The van der Waals surface area contributed by atoms with Gasteiger partial charge in [0.25, 0.3) is 0 Å². The molecule has 0 spiro atoms. The molecule has 0 radical (unpaired) electrons. The van der Waals surface area contributed by atoms with Crippen molar-refractivity contribution in [3.8, 4) is 23.3 Å². The monoisotopic (exact) mass is 458 g/mol. The van der Waals surface area contributed by atoms with Gasteiger partial charge in [-0.2, -0.15) is 4.98 Å². The Morgan fingerprint density at radius 1 is 1.24 bits per heavy atom. The van der Waals surface area contributed by atoms with Crippen molar-refractivity contribution in [2.24, 2.45) is 0 Å². The van der Waals surface area contributed by atoms with Crippen molar-refractivity contribution in [1.82, 2.24) is 24.4 Å². The van der Waals surface area contributed by atoms with Gasteiger partial charge in [-0.1, -0.05) is 0 Å². The molecule has 0 saturated heterocycles. The summed E-state index contributed by atoms with van der Waals surface area (Å²) in [5.41, 5.74) is 1.20. The standard InChI is InChI=1S/C21H20F2N6O4/c1-21(11-28-9-17(29(30)31)25-20(28)33-21)10-27-4-3-16-15(8-27)19(32-2)26-18(24-16)12-5-13(22)7-14(23)6-12/h5-7,9H,3-4,8,10-11H2,1-2H3/t21-/m0/s1. The van der Waals surface area contributed by atoms with Crippen LogP contribution in [0.15, 0.2) is 24.4 Å². The Morgan fingerprint density at radius 3 is 2.67 bits per heavy atom. The van der Waals surface area contributed by atoms with Crippen LogP contribution in [-0.4, -0.2) is 55.1 Å². The number of benzene rings is 1. The number of nitro groups is 1. The van der Waals surface area contributed by atoms with Crippen molar-refractivity contribution in [3.05, 3.63) is 57.4 Å². The summed E-state index contributed by atoms with van der Waals surface area (Å²) in [7, 11) is 1.49. The van der Waals surface area contributed by atoms with Crippen LogP contribution in [0.4, 0.5) is 14.6 Å². The van der Waals surface area contributed by atoms with Crippen molar-refractivity contribution in [3.63, 3.8) is 0 Å². The van der Waals surface area contributed by atoms with Gasteiger partial charge in [-0.3, -0.25) is 9.47 Å². The minimum Gasteiger partial charge on any atom is -0.481 e. The molecule has 0 N–H and O–H groups in total. The second-order valence-corrected chi connectivity index (χ2v) is 8.42. The van der Waals surface area contributed by atoms with Gasteiger partial charge in [0.1, 0.15) is 23.4 Å². The van der Waals surface area contributed by atoms with Crippen LogP contribution in [0, 0.1) is 21.7 Å². The Labute approximate surface area is 187 Å². The van der Waals surface area contributed by atoms with Crippen LogP contribution < -0.4 is 9.47 Å². The molecule has 0 aliphatic carbocycles. The highest BCUT2D eigenvalue weighted by atomic mass is 19.1. The number of methoxy groups -OCH3 is 1. The minimum absolute atomic E-state index is 0.204. The van der Waals surface area contributed by atoms with Gasteiger partial charge < -0.3 is 19.6 Å². The number of nitrogens with zero attached hydrogens (tertiary/aromatic N) is 6. The van der Waals surface area contributed by atoms with Crippen LogP contribution in [0.5, 0.6) is 11.9 Å². The van der Waals surface area contributed by atoms with Crippen LogP contribution in [0.3, 0.4) is 0 Å². The van der Waals surface area contributed by atoms with Crippen LogP contribution in [0.25, 0.3) is 11.4 Å². The van der Waals surface area contributed by atoms with Crippen LogP contribution in [-0.2, 0) is 19.5 Å². The van der Waals surface area contributed by atoms with Gasteiger partial charge in [0.05, 0.1) is 19.3 Å². The molecule has 1 atom stereocenters. The number of rotatable bonds is 5. The van der Waals surface area contributed by atoms with E-state index in [9.17, 15) is 18.9 Å². The first-order valence-electron chi connectivity index (χ1n) is 10.3. The fourth-order valence-corrected chi connectivity index (χ4v) is 4.39. The van der Waals surface area contributed by atoms with Crippen LogP contribution in [0.1, 0.15) is 18.2 Å². The molecule has 12 heteroatoms. The third-order valence-electron chi connectivity index (χ3n) is 5.73. The zero-order valence-corrected chi connectivity index (χ0v) is 17.9. The highest BCUT2D eigenvalue weighted by molar-refractivity contribution is 5.57. The molecular formula is C21H20F2N6O4. The molecule has 0 saturated carbocycles. The number of hydrogen-bond acceptors (Lipinski definition) is 8. The SMILES string of the molecule is COc1nc(-c2cc(F)cc(F)c2)nc2c1CN(C[C@@]1(C)Cn3cc([N+](=O)[O-])nc3O1)CC2. The van der Waals surface area contributed by atoms with Crippen molar-refractivity contribution < 1.29 is 23.2 Å². The molecule has 0 bridgehead atoms. The maximum Gasteiger partial charge on any atom is 0.415 e. The van der Waals surface area contributed by atoms with Crippen molar-refractivity contribution in [1.29, 1.82) is 0 Å². The Hall–Kier alpha value is -3.67. The third kappa shape index (κ3) is 3.97. The van der Waals surface area contributed by atoms with Crippen LogP contribution >= 0.6 is 0 Å². The lowest BCUT2D eigenvalue weighted by atomic mass is 10.0. The van der Waals surface area contributed by atoms with E-state index >= 15 is 0 Å². The molecule has 2 aliphatic heterocycles. The zero-order chi connectivity index (χ0) is 23.3. The van der Waals surface area contributed by atoms with Gasteiger partial charge in [0, 0.05) is 48.2 Å². The van der Waals surface area contributed by atoms with Gasteiger partial charge >= 0.3 is 11.8 Å². The summed E-state index contributed by atoms with van der Waals surface area (Å²) in [6, 6.07) is 3.40. The summed E-state index contributed by atoms with van der Waals surface area (Å²) in [4.78, 5) is 25.4. The number of aromatic nitrogens is 4. The summed E-state index contributed by atoms with van der Waals surface area (Å²) in [5, 5.41) is 10.9. The zero-order valence-electron chi connectivity index (χ0n) is 17.9. The smallest absolute Gasteiger partial charge is 0.415 e. The fourth-order valence-electron chi connectivity index (χ4n) is 4.39. The fraction of sp³-hybridized carbons (Fsp3) is 0.381. The molecule has 0 amide bonds. The van der Waals surface area contributed by atoms with Crippen molar-refractivity contribution in [2.75, 3.05) is 20.2 Å². The number of fused-ring (bicyclic) bond motifs is 2. The van der Waals surface area contributed by atoms with E-state index < -0.39 is 22.2 Å². The normalized spacial score (nSPS) is 19.6. The quantitative estimate of drug-likeness (QED) is 0.424. The summed E-state index contributed by atoms with van der Waals surface area (Å²) < 4.78 is 40.4. The predicted octanol–water partition coefficient (Wildman–Crippen LogP) is 2.74. The Balaban J connectivity index is 1.35. The van der Waals surface area contributed by atoms with E-state index in [0.29, 0.717) is 38.5 Å². The van der Waals surface area contributed by atoms with Crippen LogP contribution in [0.2, 0.25) is 0 Å². The van der Waals surface area contributed by atoms with E-state index in [4.69, 9.17) is 9.47 Å². The lowest BCUT2D eigenvalue weighted by molar-refractivity contribution is -0.389. The highest BCUT2D eigenvalue weighted by Crippen LogP contribution is 2.34. The van der Waals surface area contributed by atoms with Gasteiger partial charge in [-0.05, 0) is 24.0 Å². The first kappa shape index (κ1) is 21.2. The summed E-state index contributed by atoms with van der Waals surface area (Å²) >= 11 is 0. The second-order valence-electron chi connectivity index (χ2n) is 8.42. The van der Waals surface area contributed by atoms with E-state index in [1.54, 1.807) is 4.57 Å². The lowest BCUT2D eigenvalue weighted by Gasteiger charge is -2.34. The first-order chi connectivity index (χ1) is 15.7. The Morgan fingerprint density at radius 2 is 2.00 bits per heavy atom. The Bertz CT molecular complexity index is 1200. The van der Waals surface area contributed by atoms with Gasteiger partial charge in [-0.15, -0.1) is 0 Å². The van der Waals surface area contributed by atoms with Gasteiger partial charge in [0.15, 0.2) is 5.82 Å². The van der Waals surface area contributed by atoms with E-state index in [1.807, 2.05) is 6.92 Å². The lowest BCUT2D eigenvalue weighted by Crippen LogP contribution is -2.46.